The maximum atomic E-state index is 5.71. The normalized spacial score (nSPS) is 10.1. The van der Waals surface area contributed by atoms with Crippen molar-refractivity contribution in [3.8, 4) is 11.5 Å². The van der Waals surface area contributed by atoms with E-state index in [1.807, 2.05) is 24.3 Å². The standard InChI is InChI=1S/C12H11BrN2O/c13-11-8-15-5-4-12(11)16-10-3-1-2-9(6-10)7-14/h1-6,8H,7,14H2. The van der Waals surface area contributed by atoms with Crippen LogP contribution in [0.25, 0.3) is 0 Å². The van der Waals surface area contributed by atoms with Gasteiger partial charge < -0.3 is 10.5 Å². The Hall–Kier alpha value is -1.39. The van der Waals surface area contributed by atoms with Gasteiger partial charge in [0.15, 0.2) is 0 Å². The van der Waals surface area contributed by atoms with Crippen LogP contribution in [0.15, 0.2) is 47.2 Å². The summed E-state index contributed by atoms with van der Waals surface area (Å²) in [4.78, 5) is 3.97. The van der Waals surface area contributed by atoms with Gasteiger partial charge in [-0.15, -0.1) is 0 Å². The largest absolute Gasteiger partial charge is 0.456 e. The van der Waals surface area contributed by atoms with Crippen LogP contribution in [0.5, 0.6) is 11.5 Å². The molecule has 1 aromatic heterocycles. The molecule has 1 heterocycles. The summed E-state index contributed by atoms with van der Waals surface area (Å²) in [5.74, 6) is 1.51. The lowest BCUT2D eigenvalue weighted by atomic mass is 10.2. The number of rotatable bonds is 3. The molecule has 0 radical (unpaired) electrons. The molecule has 0 spiro atoms. The molecule has 3 nitrogen and oxygen atoms in total. The van der Waals surface area contributed by atoms with Crippen LogP contribution in [-0.2, 0) is 6.54 Å². The van der Waals surface area contributed by atoms with Gasteiger partial charge in [-0.1, -0.05) is 12.1 Å². The number of hydrogen-bond donors (Lipinski definition) is 1. The molecule has 0 saturated carbocycles. The minimum Gasteiger partial charge on any atom is -0.456 e. The van der Waals surface area contributed by atoms with E-state index in [4.69, 9.17) is 10.5 Å². The fourth-order valence-electron chi connectivity index (χ4n) is 1.31. The van der Waals surface area contributed by atoms with Gasteiger partial charge in [0.1, 0.15) is 11.5 Å². The van der Waals surface area contributed by atoms with E-state index in [2.05, 4.69) is 20.9 Å². The van der Waals surface area contributed by atoms with Crippen LogP contribution >= 0.6 is 15.9 Å². The first-order chi connectivity index (χ1) is 7.79. The van der Waals surface area contributed by atoms with Gasteiger partial charge in [0, 0.05) is 25.0 Å². The Bertz CT molecular complexity index is 488. The fraction of sp³-hybridized carbons (Fsp3) is 0.0833. The Morgan fingerprint density at radius 1 is 1.31 bits per heavy atom. The zero-order valence-electron chi connectivity index (χ0n) is 8.56. The number of ether oxygens (including phenoxy) is 1. The Morgan fingerprint density at radius 2 is 2.19 bits per heavy atom. The molecule has 2 rings (SSSR count). The average Bonchev–Trinajstić information content (AvgIpc) is 2.32. The van der Waals surface area contributed by atoms with Gasteiger partial charge in [-0.2, -0.15) is 0 Å². The highest BCUT2D eigenvalue weighted by Gasteiger charge is 2.02. The fourth-order valence-corrected chi connectivity index (χ4v) is 1.64. The summed E-state index contributed by atoms with van der Waals surface area (Å²) in [6.07, 6.45) is 3.38. The number of hydrogen-bond acceptors (Lipinski definition) is 3. The first-order valence-corrected chi connectivity index (χ1v) is 5.65. The van der Waals surface area contributed by atoms with Gasteiger partial charge >= 0.3 is 0 Å². The quantitative estimate of drug-likeness (QED) is 0.939. The van der Waals surface area contributed by atoms with Crippen molar-refractivity contribution in [3.63, 3.8) is 0 Å². The molecule has 0 amide bonds. The molecule has 4 heteroatoms. The first-order valence-electron chi connectivity index (χ1n) is 4.86. The third-order valence-corrected chi connectivity index (χ3v) is 2.69. The number of nitrogens with zero attached hydrogens (tertiary/aromatic N) is 1. The predicted molar refractivity (Wildman–Crippen MR) is 66.3 cm³/mol. The summed E-state index contributed by atoms with van der Waals surface area (Å²) in [6.45, 7) is 0.509. The van der Waals surface area contributed by atoms with Gasteiger partial charge in [-0.3, -0.25) is 4.98 Å². The highest BCUT2D eigenvalue weighted by atomic mass is 79.9. The Morgan fingerprint density at radius 3 is 2.94 bits per heavy atom. The molecule has 82 valence electrons. The number of nitrogens with two attached hydrogens (primary N) is 1. The molecule has 16 heavy (non-hydrogen) atoms. The molecule has 0 saturated heterocycles. The highest BCUT2D eigenvalue weighted by molar-refractivity contribution is 9.10. The first kappa shape index (κ1) is 11.1. The average molecular weight is 279 g/mol. The number of halogens is 1. The van der Waals surface area contributed by atoms with Crippen molar-refractivity contribution < 1.29 is 4.74 Å². The zero-order valence-corrected chi connectivity index (χ0v) is 10.1. The van der Waals surface area contributed by atoms with Crippen molar-refractivity contribution in [3.05, 3.63) is 52.8 Å². The summed E-state index contributed by atoms with van der Waals surface area (Å²) in [7, 11) is 0. The molecule has 0 fully saturated rings. The second kappa shape index (κ2) is 5.09. The van der Waals surface area contributed by atoms with E-state index in [1.165, 1.54) is 0 Å². The van der Waals surface area contributed by atoms with Gasteiger partial charge in [0.25, 0.3) is 0 Å². The third-order valence-electron chi connectivity index (χ3n) is 2.10. The van der Waals surface area contributed by atoms with E-state index in [1.54, 1.807) is 18.5 Å². The molecule has 0 aliphatic carbocycles. The van der Waals surface area contributed by atoms with Crippen LogP contribution in [0.3, 0.4) is 0 Å². The van der Waals surface area contributed by atoms with Crippen molar-refractivity contribution >= 4 is 15.9 Å². The molecule has 0 atom stereocenters. The monoisotopic (exact) mass is 278 g/mol. The van der Waals surface area contributed by atoms with Crippen LogP contribution in [0.4, 0.5) is 0 Å². The van der Waals surface area contributed by atoms with Crippen LogP contribution in [0.2, 0.25) is 0 Å². The minimum atomic E-state index is 0.509. The number of pyridine rings is 1. The van der Waals surface area contributed by atoms with Crippen LogP contribution in [0.1, 0.15) is 5.56 Å². The summed E-state index contributed by atoms with van der Waals surface area (Å²) in [6, 6.07) is 9.51. The molecule has 0 aliphatic rings. The number of benzene rings is 1. The number of aromatic nitrogens is 1. The Balaban J connectivity index is 2.24. The molecule has 1 aromatic carbocycles. The molecule has 0 unspecified atom stereocenters. The lowest BCUT2D eigenvalue weighted by molar-refractivity contribution is 0.478. The summed E-state index contributed by atoms with van der Waals surface area (Å²) in [5, 5.41) is 0. The molecular weight excluding hydrogens is 268 g/mol. The van der Waals surface area contributed by atoms with Gasteiger partial charge in [-0.05, 0) is 33.6 Å². The van der Waals surface area contributed by atoms with E-state index in [0.29, 0.717) is 6.54 Å². The Kier molecular flexibility index (Phi) is 3.54. The molecular formula is C12H11BrN2O. The van der Waals surface area contributed by atoms with Crippen molar-refractivity contribution in [1.29, 1.82) is 0 Å². The van der Waals surface area contributed by atoms with Crippen LogP contribution < -0.4 is 10.5 Å². The van der Waals surface area contributed by atoms with E-state index in [9.17, 15) is 0 Å². The second-order valence-corrected chi connectivity index (χ2v) is 4.11. The van der Waals surface area contributed by atoms with Gasteiger partial charge in [0.05, 0.1) is 4.47 Å². The van der Waals surface area contributed by atoms with Crippen molar-refractivity contribution in [2.24, 2.45) is 5.73 Å². The zero-order chi connectivity index (χ0) is 11.4. The molecule has 0 aliphatic heterocycles. The topological polar surface area (TPSA) is 48.1 Å². The minimum absolute atomic E-state index is 0.509. The van der Waals surface area contributed by atoms with Crippen molar-refractivity contribution in [2.75, 3.05) is 0 Å². The Labute approximate surface area is 102 Å². The van der Waals surface area contributed by atoms with Gasteiger partial charge in [-0.25, -0.2) is 0 Å². The lowest BCUT2D eigenvalue weighted by Crippen LogP contribution is -1.96. The maximum Gasteiger partial charge on any atom is 0.144 e. The smallest absolute Gasteiger partial charge is 0.144 e. The van der Waals surface area contributed by atoms with Gasteiger partial charge in [0.2, 0.25) is 0 Å². The van der Waals surface area contributed by atoms with Crippen LogP contribution in [0, 0.1) is 0 Å². The summed E-state index contributed by atoms with van der Waals surface area (Å²) in [5.41, 5.74) is 6.61. The lowest BCUT2D eigenvalue weighted by Gasteiger charge is -2.07. The SMILES string of the molecule is NCc1cccc(Oc2ccncc2Br)c1. The highest BCUT2D eigenvalue weighted by Crippen LogP contribution is 2.28. The molecule has 2 aromatic rings. The summed E-state index contributed by atoms with van der Waals surface area (Å²) >= 11 is 3.38. The molecule has 0 bridgehead atoms. The predicted octanol–water partition coefficient (Wildman–Crippen LogP) is 3.10. The van der Waals surface area contributed by atoms with Crippen molar-refractivity contribution in [2.45, 2.75) is 6.54 Å². The van der Waals surface area contributed by atoms with E-state index >= 15 is 0 Å². The van der Waals surface area contributed by atoms with E-state index in [0.717, 1.165) is 21.5 Å². The third kappa shape index (κ3) is 2.59. The van der Waals surface area contributed by atoms with Crippen LogP contribution in [-0.4, -0.2) is 4.98 Å². The maximum absolute atomic E-state index is 5.71. The summed E-state index contributed by atoms with van der Waals surface area (Å²) < 4.78 is 6.54. The van der Waals surface area contributed by atoms with E-state index in [-0.39, 0.29) is 0 Å². The van der Waals surface area contributed by atoms with Crippen molar-refractivity contribution in [1.82, 2.24) is 4.98 Å². The second-order valence-electron chi connectivity index (χ2n) is 3.26. The van der Waals surface area contributed by atoms with E-state index < -0.39 is 0 Å². The molecule has 2 N–H and O–H groups in total.